The van der Waals surface area contributed by atoms with Gasteiger partial charge in [-0.3, -0.25) is 9.69 Å². The van der Waals surface area contributed by atoms with Crippen LogP contribution in [0.1, 0.15) is 18.9 Å². The van der Waals surface area contributed by atoms with Crippen LogP contribution in [0, 0.1) is 6.92 Å². The van der Waals surface area contributed by atoms with Gasteiger partial charge in [0, 0.05) is 11.7 Å². The molecule has 0 fully saturated rings. The third-order valence-corrected chi connectivity index (χ3v) is 3.65. The lowest BCUT2D eigenvalue weighted by Gasteiger charge is -2.24. The summed E-state index contributed by atoms with van der Waals surface area (Å²) in [6.45, 7) is 3.50. The highest BCUT2D eigenvalue weighted by Crippen LogP contribution is 2.15. The van der Waals surface area contributed by atoms with Gasteiger partial charge in [-0.1, -0.05) is 17.7 Å². The minimum atomic E-state index is -1.04. The molecule has 2 N–H and O–H groups in total. The van der Waals surface area contributed by atoms with Gasteiger partial charge in [-0.2, -0.15) is 11.8 Å². The number of hydrogen-bond donors (Lipinski definition) is 2. The molecule has 0 saturated heterocycles. The lowest BCUT2D eigenvalue weighted by molar-refractivity contribution is -0.135. The van der Waals surface area contributed by atoms with Crippen LogP contribution in [0.3, 0.4) is 0 Å². The first-order valence-corrected chi connectivity index (χ1v) is 8.19. The Labute approximate surface area is 129 Å². The predicted octanol–water partition coefficient (Wildman–Crippen LogP) is 2.74. The van der Waals surface area contributed by atoms with Crippen molar-refractivity contribution in [3.8, 4) is 0 Å². The zero-order valence-corrected chi connectivity index (χ0v) is 13.4. The molecule has 6 heteroatoms. The number of carboxylic acid groups (broad SMARTS) is 1. The van der Waals surface area contributed by atoms with Crippen molar-refractivity contribution in [3.05, 3.63) is 29.8 Å². The third kappa shape index (κ3) is 6.08. The summed E-state index contributed by atoms with van der Waals surface area (Å²) in [5.74, 6) is -0.0900. The average molecular weight is 310 g/mol. The van der Waals surface area contributed by atoms with E-state index in [0.29, 0.717) is 5.69 Å². The maximum atomic E-state index is 12.3. The van der Waals surface area contributed by atoms with Crippen LogP contribution < -0.4 is 10.2 Å². The van der Waals surface area contributed by atoms with Crippen LogP contribution in [0.25, 0.3) is 0 Å². The predicted molar refractivity (Wildman–Crippen MR) is 87.2 cm³/mol. The summed E-state index contributed by atoms with van der Waals surface area (Å²) in [4.78, 5) is 24.5. The van der Waals surface area contributed by atoms with E-state index < -0.39 is 5.97 Å². The topological polar surface area (TPSA) is 69.6 Å². The standard InChI is InChI=1S/C15H22N2O3S/c1-11-4-6-13(7-5-11)17(10-14(18)19)15(20)16-12(2)8-9-21-3/h4-7,12H,8-10H2,1-3H3,(H,16,20)(H,18,19). The fourth-order valence-electron chi connectivity index (χ4n) is 1.80. The van der Waals surface area contributed by atoms with Crippen LogP contribution in [-0.4, -0.2) is 41.7 Å². The smallest absolute Gasteiger partial charge is 0.323 e. The van der Waals surface area contributed by atoms with Crippen LogP contribution >= 0.6 is 11.8 Å². The number of rotatable bonds is 7. The van der Waals surface area contributed by atoms with Gasteiger partial charge in [0.2, 0.25) is 0 Å². The van der Waals surface area contributed by atoms with E-state index in [2.05, 4.69) is 5.32 Å². The highest BCUT2D eigenvalue weighted by Gasteiger charge is 2.20. The summed E-state index contributed by atoms with van der Waals surface area (Å²) in [6, 6.07) is 6.85. The Morgan fingerprint density at radius 1 is 1.33 bits per heavy atom. The van der Waals surface area contributed by atoms with Gasteiger partial charge >= 0.3 is 12.0 Å². The lowest BCUT2D eigenvalue weighted by atomic mass is 10.2. The quantitative estimate of drug-likeness (QED) is 0.812. The molecule has 0 radical (unpaired) electrons. The molecule has 0 aliphatic carbocycles. The maximum Gasteiger partial charge on any atom is 0.323 e. The number of nitrogens with one attached hydrogen (secondary N) is 1. The van der Waals surface area contributed by atoms with Gasteiger partial charge in [0.15, 0.2) is 0 Å². The van der Waals surface area contributed by atoms with E-state index in [1.807, 2.05) is 32.2 Å². The monoisotopic (exact) mass is 310 g/mol. The highest BCUT2D eigenvalue weighted by molar-refractivity contribution is 7.98. The molecule has 0 aliphatic heterocycles. The molecular formula is C15H22N2O3S. The van der Waals surface area contributed by atoms with E-state index in [-0.39, 0.29) is 18.6 Å². The molecule has 1 atom stereocenters. The zero-order chi connectivity index (χ0) is 15.8. The SMILES string of the molecule is CSCCC(C)NC(=O)N(CC(=O)O)c1ccc(C)cc1. The normalized spacial score (nSPS) is 11.8. The van der Waals surface area contributed by atoms with Crippen molar-refractivity contribution in [2.24, 2.45) is 0 Å². The second kappa shape index (κ2) is 8.56. The molecule has 0 spiro atoms. The zero-order valence-electron chi connectivity index (χ0n) is 12.6. The Kier molecular flexibility index (Phi) is 7.08. The van der Waals surface area contributed by atoms with Gasteiger partial charge < -0.3 is 10.4 Å². The third-order valence-electron chi connectivity index (χ3n) is 3.01. The minimum Gasteiger partial charge on any atom is -0.480 e. The van der Waals surface area contributed by atoms with Gasteiger partial charge in [0.25, 0.3) is 0 Å². The van der Waals surface area contributed by atoms with E-state index >= 15 is 0 Å². The summed E-state index contributed by atoms with van der Waals surface area (Å²) in [7, 11) is 0. The first-order valence-electron chi connectivity index (χ1n) is 6.79. The number of carbonyl (C=O) groups is 2. The number of aryl methyl sites for hydroxylation is 1. The van der Waals surface area contributed by atoms with Gasteiger partial charge in [-0.05, 0) is 44.4 Å². The summed E-state index contributed by atoms with van der Waals surface area (Å²) in [5, 5.41) is 11.8. The van der Waals surface area contributed by atoms with Crippen LogP contribution in [0.2, 0.25) is 0 Å². The van der Waals surface area contributed by atoms with Crippen molar-refractivity contribution in [3.63, 3.8) is 0 Å². The first kappa shape index (κ1) is 17.4. The number of amides is 2. The number of carboxylic acids is 1. The average Bonchev–Trinajstić information content (AvgIpc) is 2.43. The molecule has 0 saturated carbocycles. The largest absolute Gasteiger partial charge is 0.480 e. The number of nitrogens with zero attached hydrogens (tertiary/aromatic N) is 1. The van der Waals surface area contributed by atoms with Crippen molar-refractivity contribution >= 4 is 29.4 Å². The number of aliphatic carboxylic acids is 1. The molecule has 2 amide bonds. The molecule has 5 nitrogen and oxygen atoms in total. The number of anilines is 1. The van der Waals surface area contributed by atoms with E-state index in [1.165, 1.54) is 4.90 Å². The van der Waals surface area contributed by atoms with E-state index in [4.69, 9.17) is 5.11 Å². The minimum absolute atomic E-state index is 0.00620. The number of hydrogen-bond acceptors (Lipinski definition) is 3. The molecule has 0 heterocycles. The van der Waals surface area contributed by atoms with Gasteiger partial charge in [0.05, 0.1) is 0 Å². The molecule has 1 rings (SSSR count). The van der Waals surface area contributed by atoms with Crippen LogP contribution in [0.4, 0.5) is 10.5 Å². The van der Waals surface area contributed by atoms with Crippen molar-refractivity contribution in [1.29, 1.82) is 0 Å². The molecule has 0 aromatic heterocycles. The molecule has 1 aromatic carbocycles. The molecule has 0 aliphatic rings. The van der Waals surface area contributed by atoms with Crippen molar-refractivity contribution in [2.75, 3.05) is 23.5 Å². The Balaban J connectivity index is 2.79. The Bertz CT molecular complexity index is 476. The number of carbonyl (C=O) groups excluding carboxylic acids is 1. The number of thioether (sulfide) groups is 1. The summed E-state index contributed by atoms with van der Waals surface area (Å²) in [5.41, 5.74) is 1.64. The molecule has 116 valence electrons. The highest BCUT2D eigenvalue weighted by atomic mass is 32.2. The molecule has 0 bridgehead atoms. The van der Waals surface area contributed by atoms with Crippen molar-refractivity contribution < 1.29 is 14.7 Å². The van der Waals surface area contributed by atoms with Crippen LogP contribution in [0.15, 0.2) is 24.3 Å². The van der Waals surface area contributed by atoms with Gasteiger partial charge in [0.1, 0.15) is 6.54 Å². The number of urea groups is 1. The van der Waals surface area contributed by atoms with Crippen LogP contribution in [0.5, 0.6) is 0 Å². The second-order valence-electron chi connectivity index (χ2n) is 4.95. The Morgan fingerprint density at radius 3 is 2.48 bits per heavy atom. The van der Waals surface area contributed by atoms with E-state index in [0.717, 1.165) is 17.7 Å². The first-order chi connectivity index (χ1) is 9.93. The Morgan fingerprint density at radius 2 is 1.95 bits per heavy atom. The van der Waals surface area contributed by atoms with E-state index in [1.54, 1.807) is 23.9 Å². The van der Waals surface area contributed by atoms with E-state index in [9.17, 15) is 9.59 Å². The molecule has 1 unspecified atom stereocenters. The summed E-state index contributed by atoms with van der Waals surface area (Å²) >= 11 is 1.72. The van der Waals surface area contributed by atoms with Gasteiger partial charge in [-0.25, -0.2) is 4.79 Å². The fraction of sp³-hybridized carbons (Fsp3) is 0.467. The maximum absolute atomic E-state index is 12.3. The number of benzene rings is 1. The Hall–Kier alpha value is -1.69. The molecule has 1 aromatic rings. The van der Waals surface area contributed by atoms with Crippen LogP contribution in [-0.2, 0) is 4.79 Å². The van der Waals surface area contributed by atoms with Gasteiger partial charge in [-0.15, -0.1) is 0 Å². The summed E-state index contributed by atoms with van der Waals surface area (Å²) < 4.78 is 0. The lowest BCUT2D eigenvalue weighted by Crippen LogP contribution is -2.46. The summed E-state index contributed by atoms with van der Waals surface area (Å²) in [6.07, 6.45) is 2.86. The second-order valence-corrected chi connectivity index (χ2v) is 5.93. The van der Waals surface area contributed by atoms with Crippen molar-refractivity contribution in [2.45, 2.75) is 26.3 Å². The molecule has 21 heavy (non-hydrogen) atoms. The fourth-order valence-corrected chi connectivity index (χ4v) is 2.39. The molecular weight excluding hydrogens is 288 g/mol. The van der Waals surface area contributed by atoms with Crippen molar-refractivity contribution in [1.82, 2.24) is 5.32 Å².